The minimum atomic E-state index is -4.83. The van der Waals surface area contributed by atoms with Crippen LogP contribution in [-0.2, 0) is 16.0 Å². The second kappa shape index (κ2) is 4.41. The number of alkyl halides is 3. The zero-order valence-electron chi connectivity index (χ0n) is 8.73. The Balaban J connectivity index is 3.64. The Labute approximate surface area is 100 Å². The maximum atomic E-state index is 12.4. The number of pyridine rings is 1. The molecule has 1 amide bonds. The molecule has 98 valence electrons. The molecule has 9 heteroatoms. The zero-order chi connectivity index (χ0) is 14.1. The Kier molecular flexibility index (Phi) is 3.47. The van der Waals surface area contributed by atoms with Crippen molar-refractivity contribution in [2.24, 2.45) is 5.73 Å². The van der Waals surface area contributed by atoms with E-state index in [-0.39, 0.29) is 0 Å². The van der Waals surface area contributed by atoms with Crippen molar-refractivity contribution < 1.29 is 26.4 Å². The molecule has 0 fully saturated rings. The Hall–Kier alpha value is -1.90. The quantitative estimate of drug-likeness (QED) is 0.898. The monoisotopic (exact) mass is 280 g/mol. The van der Waals surface area contributed by atoms with Crippen LogP contribution in [0.3, 0.4) is 0 Å². The number of nitrogens with zero attached hydrogens (tertiary/aromatic N) is 1. The van der Waals surface area contributed by atoms with E-state index in [9.17, 15) is 26.4 Å². The van der Waals surface area contributed by atoms with Crippen LogP contribution in [-0.4, -0.2) is 19.3 Å². The van der Waals surface area contributed by atoms with Crippen molar-refractivity contribution in [2.75, 3.05) is 0 Å². The lowest BCUT2D eigenvalue weighted by molar-refractivity contribution is -0.141. The molecule has 0 atom stereocenters. The molecule has 0 aromatic carbocycles. The van der Waals surface area contributed by atoms with Crippen molar-refractivity contribution in [3.05, 3.63) is 35.4 Å². The number of hydrogen-bond acceptors (Lipinski definition) is 4. The lowest BCUT2D eigenvalue weighted by atomic mass is 10.2. The number of sulfone groups is 1. The van der Waals surface area contributed by atoms with Gasteiger partial charge >= 0.3 is 6.18 Å². The third-order valence-corrected chi connectivity index (χ3v) is 3.19. The minimum Gasteiger partial charge on any atom is -0.366 e. The van der Waals surface area contributed by atoms with E-state index in [2.05, 4.69) is 11.6 Å². The summed E-state index contributed by atoms with van der Waals surface area (Å²) in [5.41, 5.74) is 2.81. The molecule has 2 N–H and O–H groups in total. The fourth-order valence-electron chi connectivity index (χ4n) is 1.08. The molecule has 0 aliphatic carbocycles. The Bertz CT molecular complexity index is 608. The van der Waals surface area contributed by atoms with Gasteiger partial charge in [0.1, 0.15) is 5.69 Å². The molecule has 1 heterocycles. The largest absolute Gasteiger partial charge is 0.433 e. The number of aromatic nitrogens is 1. The summed E-state index contributed by atoms with van der Waals surface area (Å²) in [4.78, 5) is 13.9. The van der Waals surface area contributed by atoms with Crippen LogP contribution < -0.4 is 5.73 Å². The van der Waals surface area contributed by atoms with Gasteiger partial charge in [0.2, 0.25) is 9.84 Å². The zero-order valence-corrected chi connectivity index (χ0v) is 9.55. The second-order valence-corrected chi connectivity index (χ2v) is 4.93. The molecule has 0 saturated heterocycles. The van der Waals surface area contributed by atoms with Crippen molar-refractivity contribution in [3.8, 4) is 0 Å². The molecular weight excluding hydrogens is 273 g/mol. The summed E-state index contributed by atoms with van der Waals surface area (Å²) >= 11 is 0. The molecule has 18 heavy (non-hydrogen) atoms. The van der Waals surface area contributed by atoms with E-state index in [4.69, 9.17) is 5.73 Å². The number of nitrogens with two attached hydrogens (primary N) is 1. The van der Waals surface area contributed by atoms with Crippen molar-refractivity contribution in [1.82, 2.24) is 4.98 Å². The van der Waals surface area contributed by atoms with Crippen LogP contribution in [0.2, 0.25) is 0 Å². The van der Waals surface area contributed by atoms with Crippen LogP contribution in [0.1, 0.15) is 16.1 Å². The van der Waals surface area contributed by atoms with E-state index >= 15 is 0 Å². The number of halogens is 3. The molecule has 0 bridgehead atoms. The van der Waals surface area contributed by atoms with Crippen LogP contribution in [0.4, 0.5) is 13.2 Å². The number of carbonyl (C=O) groups is 1. The van der Waals surface area contributed by atoms with Gasteiger partial charge in [0.25, 0.3) is 5.91 Å². The Morgan fingerprint density at radius 1 is 1.39 bits per heavy atom. The topological polar surface area (TPSA) is 90.1 Å². The van der Waals surface area contributed by atoms with Crippen molar-refractivity contribution >= 4 is 15.7 Å². The first-order valence-electron chi connectivity index (χ1n) is 4.35. The first kappa shape index (κ1) is 14.2. The number of primary amides is 1. The summed E-state index contributed by atoms with van der Waals surface area (Å²) in [5, 5.41) is -0.665. The summed E-state index contributed by atoms with van der Waals surface area (Å²) in [7, 11) is -4.30. The van der Waals surface area contributed by atoms with Crippen molar-refractivity contribution in [1.29, 1.82) is 0 Å². The summed E-state index contributed by atoms with van der Waals surface area (Å²) < 4.78 is 60.1. The molecule has 1 aromatic rings. The normalized spacial score (nSPS) is 12.2. The fourth-order valence-corrected chi connectivity index (χ4v) is 1.94. The average Bonchev–Trinajstić information content (AvgIpc) is 2.27. The molecule has 0 saturated carbocycles. The molecule has 0 aliphatic heterocycles. The maximum absolute atomic E-state index is 12.4. The summed E-state index contributed by atoms with van der Waals surface area (Å²) in [5.74, 6) is -1.20. The summed E-state index contributed by atoms with van der Waals surface area (Å²) in [6.45, 7) is 2.94. The average molecular weight is 280 g/mol. The lowest BCUT2D eigenvalue weighted by Gasteiger charge is -2.09. The molecule has 0 unspecified atom stereocenters. The summed E-state index contributed by atoms with van der Waals surface area (Å²) in [6, 6.07) is 1.14. The van der Waals surface area contributed by atoms with Gasteiger partial charge in [-0.2, -0.15) is 13.2 Å². The third kappa shape index (κ3) is 2.67. The van der Waals surface area contributed by atoms with E-state index in [1.54, 1.807) is 0 Å². The summed E-state index contributed by atoms with van der Waals surface area (Å²) in [6.07, 6.45) is -4.83. The molecule has 1 rings (SSSR count). The van der Waals surface area contributed by atoms with Gasteiger partial charge < -0.3 is 5.73 Å². The Morgan fingerprint density at radius 2 is 1.94 bits per heavy atom. The molecule has 0 aliphatic rings. The highest BCUT2D eigenvalue weighted by atomic mass is 32.2. The van der Waals surface area contributed by atoms with Crippen molar-refractivity contribution in [2.45, 2.75) is 11.2 Å². The van der Waals surface area contributed by atoms with Gasteiger partial charge in [-0.3, -0.25) is 4.79 Å². The molecule has 0 radical (unpaired) electrons. The van der Waals surface area contributed by atoms with E-state index in [1.165, 1.54) is 0 Å². The molecular formula is C9H7F3N2O3S. The van der Waals surface area contributed by atoms with Gasteiger partial charge in [-0.05, 0) is 12.1 Å². The van der Waals surface area contributed by atoms with Crippen LogP contribution in [0.15, 0.2) is 29.1 Å². The van der Waals surface area contributed by atoms with Crippen molar-refractivity contribution in [3.63, 3.8) is 0 Å². The molecule has 0 spiro atoms. The number of carbonyl (C=O) groups excluding carboxylic acids is 1. The number of hydrogen-bond donors (Lipinski definition) is 1. The van der Waals surface area contributed by atoms with E-state index < -0.39 is 38.2 Å². The van der Waals surface area contributed by atoms with Crippen LogP contribution in [0, 0.1) is 0 Å². The van der Waals surface area contributed by atoms with Gasteiger partial charge in [-0.1, -0.05) is 6.58 Å². The number of amides is 1. The molecule has 5 nitrogen and oxygen atoms in total. The van der Waals surface area contributed by atoms with E-state index in [1.807, 2.05) is 0 Å². The first-order chi connectivity index (χ1) is 8.09. The van der Waals surface area contributed by atoms with Crippen LogP contribution in [0.5, 0.6) is 0 Å². The standard InChI is InChI=1S/C9H7F3N2O3S/c1-2-18(16,17)8-5(7(13)15)3-4-6(14-8)9(10,11)12/h2-4H,1H2,(H2,13,15). The highest BCUT2D eigenvalue weighted by Gasteiger charge is 2.35. The van der Waals surface area contributed by atoms with Gasteiger partial charge in [-0.25, -0.2) is 13.4 Å². The van der Waals surface area contributed by atoms with E-state index in [0.717, 1.165) is 0 Å². The predicted octanol–water partition coefficient (Wildman–Crippen LogP) is 1.12. The van der Waals surface area contributed by atoms with E-state index in [0.29, 0.717) is 17.5 Å². The first-order valence-corrected chi connectivity index (χ1v) is 5.90. The van der Waals surface area contributed by atoms with Crippen LogP contribution >= 0.6 is 0 Å². The second-order valence-electron chi connectivity index (χ2n) is 3.12. The molecule has 1 aromatic heterocycles. The Morgan fingerprint density at radius 3 is 2.33 bits per heavy atom. The van der Waals surface area contributed by atoms with Gasteiger partial charge in [0.05, 0.1) is 5.56 Å². The lowest BCUT2D eigenvalue weighted by Crippen LogP contribution is -2.19. The third-order valence-electron chi connectivity index (χ3n) is 1.91. The smallest absolute Gasteiger partial charge is 0.366 e. The predicted molar refractivity (Wildman–Crippen MR) is 55.1 cm³/mol. The maximum Gasteiger partial charge on any atom is 0.433 e. The highest BCUT2D eigenvalue weighted by Crippen LogP contribution is 2.29. The SMILES string of the molecule is C=CS(=O)(=O)c1nc(C(F)(F)F)ccc1C(N)=O. The minimum absolute atomic E-state index is 0.391. The fraction of sp³-hybridized carbons (Fsp3) is 0.111. The number of rotatable bonds is 3. The highest BCUT2D eigenvalue weighted by molar-refractivity contribution is 7.94. The van der Waals surface area contributed by atoms with Crippen LogP contribution in [0.25, 0.3) is 0 Å². The van der Waals surface area contributed by atoms with Gasteiger partial charge in [-0.15, -0.1) is 0 Å². The van der Waals surface area contributed by atoms with Gasteiger partial charge in [0.15, 0.2) is 5.03 Å². The van der Waals surface area contributed by atoms with Gasteiger partial charge in [0, 0.05) is 5.41 Å².